The highest BCUT2D eigenvalue weighted by Gasteiger charge is 2.21. The lowest BCUT2D eigenvalue weighted by Crippen LogP contribution is -2.46. The summed E-state index contributed by atoms with van der Waals surface area (Å²) < 4.78 is 0. The number of aryl methyl sites for hydroxylation is 1. The molecule has 1 saturated heterocycles. The first-order valence-electron chi connectivity index (χ1n) is 9.73. The third kappa shape index (κ3) is 5.56. The first-order valence-corrected chi connectivity index (χ1v) is 10.5. The van der Waals surface area contributed by atoms with E-state index in [1.807, 2.05) is 6.20 Å². The molecule has 1 aromatic heterocycles. The minimum Gasteiger partial charge on any atom is -0.357 e. The molecule has 0 aliphatic carbocycles. The monoisotopic (exact) mass is 370 g/mol. The summed E-state index contributed by atoms with van der Waals surface area (Å²) in [6, 6.07) is 10.9. The van der Waals surface area contributed by atoms with Crippen LogP contribution in [0.15, 0.2) is 41.5 Å². The summed E-state index contributed by atoms with van der Waals surface area (Å²) >= 11 is 1.78. The van der Waals surface area contributed by atoms with Crippen LogP contribution >= 0.6 is 11.3 Å². The van der Waals surface area contributed by atoms with Gasteiger partial charge in [-0.15, -0.1) is 11.3 Å². The molecule has 2 heterocycles. The molecule has 140 valence electrons. The van der Waals surface area contributed by atoms with Crippen LogP contribution in [-0.2, 0) is 12.8 Å². The second-order valence-electron chi connectivity index (χ2n) is 6.97. The van der Waals surface area contributed by atoms with Crippen LogP contribution < -0.4 is 5.32 Å². The van der Waals surface area contributed by atoms with E-state index >= 15 is 0 Å². The number of thiazole rings is 1. The lowest BCUT2D eigenvalue weighted by atomic mass is 9.90. The highest BCUT2D eigenvalue weighted by molar-refractivity contribution is 7.11. The predicted molar refractivity (Wildman–Crippen MR) is 111 cm³/mol. The molecule has 0 saturated carbocycles. The molecule has 1 aliphatic heterocycles. The highest BCUT2D eigenvalue weighted by atomic mass is 32.1. The molecule has 0 radical (unpaired) electrons. The maximum Gasteiger partial charge on any atom is 0.193 e. The zero-order chi connectivity index (χ0) is 18.2. The van der Waals surface area contributed by atoms with Gasteiger partial charge >= 0.3 is 0 Å². The predicted octanol–water partition coefficient (Wildman–Crippen LogP) is 3.91. The lowest BCUT2D eigenvalue weighted by molar-refractivity contribution is 0.259. The van der Waals surface area contributed by atoms with Gasteiger partial charge in [-0.25, -0.2) is 4.98 Å². The number of likely N-dealkylation sites (tertiary alicyclic amines) is 1. The third-order valence-electron chi connectivity index (χ3n) is 4.87. The Bertz CT molecular complexity index is 687. The van der Waals surface area contributed by atoms with Crippen molar-refractivity contribution in [2.45, 2.75) is 39.5 Å². The highest BCUT2D eigenvalue weighted by Crippen LogP contribution is 2.21. The van der Waals surface area contributed by atoms with E-state index in [0.717, 1.165) is 44.5 Å². The van der Waals surface area contributed by atoms with Crippen LogP contribution in [0.5, 0.6) is 0 Å². The van der Waals surface area contributed by atoms with Gasteiger partial charge in [-0.2, -0.15) is 0 Å². The van der Waals surface area contributed by atoms with E-state index in [1.54, 1.807) is 11.3 Å². The number of benzene rings is 1. The maximum absolute atomic E-state index is 4.85. The van der Waals surface area contributed by atoms with E-state index in [9.17, 15) is 0 Å². The lowest BCUT2D eigenvalue weighted by Gasteiger charge is -2.34. The van der Waals surface area contributed by atoms with Crippen molar-refractivity contribution in [2.24, 2.45) is 10.9 Å². The Morgan fingerprint density at radius 1 is 1.27 bits per heavy atom. The zero-order valence-electron chi connectivity index (χ0n) is 15.9. The molecular formula is C21H30N4S. The molecule has 5 heteroatoms. The fourth-order valence-corrected chi connectivity index (χ4v) is 4.27. The number of aromatic nitrogens is 1. The van der Waals surface area contributed by atoms with Gasteiger partial charge in [0.15, 0.2) is 5.96 Å². The number of nitrogens with zero attached hydrogens (tertiary/aromatic N) is 3. The van der Waals surface area contributed by atoms with Gasteiger partial charge in [-0.05, 0) is 44.6 Å². The Labute approximate surface area is 161 Å². The Balaban J connectivity index is 1.50. The average Bonchev–Trinajstić information content (AvgIpc) is 3.08. The maximum atomic E-state index is 4.85. The molecule has 3 rings (SSSR count). The summed E-state index contributed by atoms with van der Waals surface area (Å²) in [5.41, 5.74) is 1.46. The zero-order valence-corrected chi connectivity index (χ0v) is 16.8. The summed E-state index contributed by atoms with van der Waals surface area (Å²) in [6.45, 7) is 8.16. The molecule has 0 amide bonds. The molecule has 0 unspecified atom stereocenters. The molecule has 2 aromatic rings. The molecule has 0 atom stereocenters. The average molecular weight is 371 g/mol. The fourth-order valence-electron chi connectivity index (χ4n) is 3.50. The van der Waals surface area contributed by atoms with Crippen LogP contribution in [0, 0.1) is 12.8 Å². The fraction of sp³-hybridized carbons (Fsp3) is 0.524. The second kappa shape index (κ2) is 9.72. The minimum absolute atomic E-state index is 0.787. The summed E-state index contributed by atoms with van der Waals surface area (Å²) in [5, 5.41) is 4.65. The molecule has 1 fully saturated rings. The summed E-state index contributed by atoms with van der Waals surface area (Å²) in [5.74, 6) is 1.86. The largest absolute Gasteiger partial charge is 0.357 e. The molecule has 26 heavy (non-hydrogen) atoms. The van der Waals surface area contributed by atoms with Crippen LogP contribution in [0.25, 0.3) is 0 Å². The number of guanidine groups is 1. The Morgan fingerprint density at radius 3 is 2.69 bits per heavy atom. The van der Waals surface area contributed by atoms with Crippen molar-refractivity contribution in [2.75, 3.05) is 26.2 Å². The Hall–Kier alpha value is -1.88. The first-order chi connectivity index (χ1) is 12.7. The molecule has 4 nitrogen and oxygen atoms in total. The van der Waals surface area contributed by atoms with Crippen molar-refractivity contribution in [1.82, 2.24) is 15.2 Å². The van der Waals surface area contributed by atoms with Crippen LogP contribution in [0.1, 0.15) is 35.2 Å². The normalized spacial score (nSPS) is 16.1. The first kappa shape index (κ1) is 18.9. The summed E-state index contributed by atoms with van der Waals surface area (Å²) in [4.78, 5) is 13.0. The molecular weight excluding hydrogens is 340 g/mol. The quantitative estimate of drug-likeness (QED) is 0.619. The summed E-state index contributed by atoms with van der Waals surface area (Å²) in [7, 11) is 0. The molecule has 1 aromatic carbocycles. The van der Waals surface area contributed by atoms with Gasteiger partial charge in [0, 0.05) is 43.7 Å². The third-order valence-corrected chi connectivity index (χ3v) is 5.85. The van der Waals surface area contributed by atoms with Crippen molar-refractivity contribution in [3.8, 4) is 0 Å². The molecule has 1 N–H and O–H groups in total. The van der Waals surface area contributed by atoms with Gasteiger partial charge in [0.2, 0.25) is 0 Å². The molecule has 0 spiro atoms. The molecule has 1 aliphatic rings. The van der Waals surface area contributed by atoms with Crippen molar-refractivity contribution >= 4 is 17.3 Å². The number of aliphatic imine (C=N–C) groups is 1. The molecule has 0 bridgehead atoms. The summed E-state index contributed by atoms with van der Waals surface area (Å²) in [6.07, 6.45) is 6.56. The van der Waals surface area contributed by atoms with Crippen molar-refractivity contribution in [3.05, 3.63) is 52.0 Å². The Morgan fingerprint density at radius 2 is 2.04 bits per heavy atom. The van der Waals surface area contributed by atoms with Gasteiger partial charge in [0.25, 0.3) is 0 Å². The van der Waals surface area contributed by atoms with E-state index in [-0.39, 0.29) is 0 Å². The van der Waals surface area contributed by atoms with Crippen LogP contribution in [0.4, 0.5) is 0 Å². The smallest absolute Gasteiger partial charge is 0.193 e. The van der Waals surface area contributed by atoms with E-state index < -0.39 is 0 Å². The SMILES string of the molecule is CCNC(=NCCc1ncc(C)s1)N1CCC(Cc2ccccc2)CC1. The second-order valence-corrected chi connectivity index (χ2v) is 8.29. The van der Waals surface area contributed by atoms with Crippen LogP contribution in [0.2, 0.25) is 0 Å². The number of nitrogens with one attached hydrogen (secondary N) is 1. The topological polar surface area (TPSA) is 40.5 Å². The van der Waals surface area contributed by atoms with Crippen LogP contribution in [0.3, 0.4) is 0 Å². The number of hydrogen-bond acceptors (Lipinski definition) is 3. The standard InChI is InChI=1S/C21H30N4S/c1-3-22-21(23-12-9-20-24-16-17(2)26-20)25-13-10-19(11-14-25)15-18-7-5-4-6-8-18/h4-8,16,19H,3,9-15H2,1-2H3,(H,22,23). The van der Waals surface area contributed by atoms with E-state index in [1.165, 1.54) is 34.7 Å². The van der Waals surface area contributed by atoms with Gasteiger partial charge in [0.1, 0.15) is 0 Å². The van der Waals surface area contributed by atoms with Gasteiger partial charge in [0.05, 0.1) is 5.01 Å². The number of rotatable bonds is 6. The van der Waals surface area contributed by atoms with Crippen molar-refractivity contribution in [1.29, 1.82) is 0 Å². The van der Waals surface area contributed by atoms with E-state index in [0.29, 0.717) is 0 Å². The number of piperidine rings is 1. The number of hydrogen-bond donors (Lipinski definition) is 1. The van der Waals surface area contributed by atoms with Gasteiger partial charge in [-0.1, -0.05) is 30.3 Å². The van der Waals surface area contributed by atoms with E-state index in [2.05, 4.69) is 59.4 Å². The van der Waals surface area contributed by atoms with Gasteiger partial charge in [-0.3, -0.25) is 4.99 Å². The van der Waals surface area contributed by atoms with Gasteiger partial charge < -0.3 is 10.2 Å². The Kier molecular flexibility index (Phi) is 7.06. The van der Waals surface area contributed by atoms with Crippen LogP contribution in [-0.4, -0.2) is 42.0 Å². The van der Waals surface area contributed by atoms with Crippen molar-refractivity contribution in [3.63, 3.8) is 0 Å². The van der Waals surface area contributed by atoms with Crippen molar-refractivity contribution < 1.29 is 0 Å². The van der Waals surface area contributed by atoms with E-state index in [4.69, 9.17) is 4.99 Å². The minimum atomic E-state index is 0.787.